The zero-order valence-electron chi connectivity index (χ0n) is 17.2. The average molecular weight is 396 g/mol. The number of carbonyl (C=O) groups excluding carboxylic acids is 2. The van der Waals surface area contributed by atoms with Crippen molar-refractivity contribution in [1.82, 2.24) is 5.32 Å². The maximum Gasteiger partial charge on any atom is 0.258 e. The lowest BCUT2D eigenvalue weighted by molar-refractivity contribution is -0.123. The van der Waals surface area contributed by atoms with Gasteiger partial charge in [-0.25, -0.2) is 0 Å². The van der Waals surface area contributed by atoms with Gasteiger partial charge in [-0.05, 0) is 54.8 Å². The second-order valence-corrected chi connectivity index (χ2v) is 7.41. The number of hydrogen-bond acceptors (Lipinski definition) is 4. The largest absolute Gasteiger partial charge is 0.494 e. The molecule has 2 aromatic rings. The molecule has 0 unspecified atom stereocenters. The van der Waals surface area contributed by atoms with Crippen molar-refractivity contribution in [3.63, 3.8) is 0 Å². The molecule has 0 bridgehead atoms. The summed E-state index contributed by atoms with van der Waals surface area (Å²) in [6.45, 7) is 7.15. The third-order valence-electron chi connectivity index (χ3n) is 4.87. The molecule has 0 aliphatic carbocycles. The molecule has 0 aromatic heterocycles. The molecule has 2 amide bonds. The third kappa shape index (κ3) is 5.50. The predicted molar refractivity (Wildman–Crippen MR) is 113 cm³/mol. The van der Waals surface area contributed by atoms with Crippen molar-refractivity contribution < 1.29 is 19.1 Å². The summed E-state index contributed by atoms with van der Waals surface area (Å²) in [6, 6.07) is 14.9. The van der Waals surface area contributed by atoms with Gasteiger partial charge in [0, 0.05) is 18.7 Å². The number of hydrogen-bond donors (Lipinski definition) is 1. The van der Waals surface area contributed by atoms with Gasteiger partial charge >= 0.3 is 0 Å². The Hall–Kier alpha value is -3.02. The number of anilines is 1. The van der Waals surface area contributed by atoms with Crippen LogP contribution >= 0.6 is 0 Å². The van der Waals surface area contributed by atoms with Gasteiger partial charge in [0.2, 0.25) is 5.91 Å². The fraction of sp³-hybridized carbons (Fsp3) is 0.391. The lowest BCUT2D eigenvalue weighted by Gasteiger charge is -2.18. The van der Waals surface area contributed by atoms with Crippen LogP contribution in [0.2, 0.25) is 0 Å². The molecule has 0 radical (unpaired) electrons. The molecular formula is C23H28N2O4. The van der Waals surface area contributed by atoms with E-state index in [0.717, 1.165) is 11.4 Å². The minimum Gasteiger partial charge on any atom is -0.494 e. The molecule has 2 aromatic carbocycles. The second kappa shape index (κ2) is 9.45. The van der Waals surface area contributed by atoms with Gasteiger partial charge in [-0.3, -0.25) is 9.59 Å². The lowest BCUT2D eigenvalue weighted by atomic mass is 10.0. The monoisotopic (exact) mass is 396 g/mol. The molecule has 1 N–H and O–H groups in total. The van der Waals surface area contributed by atoms with E-state index in [1.807, 2.05) is 55.5 Å². The Morgan fingerprint density at radius 1 is 1.07 bits per heavy atom. The van der Waals surface area contributed by atoms with Crippen LogP contribution in [0.1, 0.15) is 38.7 Å². The Morgan fingerprint density at radius 3 is 2.31 bits per heavy atom. The maximum atomic E-state index is 12.4. The fourth-order valence-electron chi connectivity index (χ4n) is 3.31. The van der Waals surface area contributed by atoms with Gasteiger partial charge in [-0.2, -0.15) is 0 Å². The van der Waals surface area contributed by atoms with Crippen LogP contribution in [0.15, 0.2) is 48.5 Å². The van der Waals surface area contributed by atoms with E-state index in [1.54, 1.807) is 4.90 Å². The van der Waals surface area contributed by atoms with Gasteiger partial charge in [0.1, 0.15) is 11.5 Å². The molecule has 1 atom stereocenters. The summed E-state index contributed by atoms with van der Waals surface area (Å²) in [4.78, 5) is 26.3. The van der Waals surface area contributed by atoms with Crippen molar-refractivity contribution in [3.8, 4) is 11.5 Å². The summed E-state index contributed by atoms with van der Waals surface area (Å²) in [6.07, 6.45) is 0.280. The molecule has 0 saturated carbocycles. The van der Waals surface area contributed by atoms with Crippen LogP contribution in [0.5, 0.6) is 11.5 Å². The van der Waals surface area contributed by atoms with E-state index < -0.39 is 0 Å². The summed E-state index contributed by atoms with van der Waals surface area (Å²) >= 11 is 0. The minimum absolute atomic E-state index is 0.00958. The quantitative estimate of drug-likeness (QED) is 0.741. The zero-order valence-corrected chi connectivity index (χ0v) is 17.2. The van der Waals surface area contributed by atoms with E-state index in [1.165, 1.54) is 5.56 Å². The number of nitrogens with zero attached hydrogens (tertiary/aromatic N) is 1. The van der Waals surface area contributed by atoms with Crippen LogP contribution < -0.4 is 19.7 Å². The predicted octanol–water partition coefficient (Wildman–Crippen LogP) is 3.51. The standard InChI is InChI=1S/C23H28N2O4/c1-4-28-20-11-7-19(8-12-20)25-14-18(13-23(25)27)24-22(26)15-29-21-9-5-17(6-10-21)16(2)3/h5-12,16,18H,4,13-15H2,1-3H3,(H,24,26)/t18-/m0/s1. The number of rotatable bonds is 8. The Kier molecular flexibility index (Phi) is 6.75. The van der Waals surface area contributed by atoms with E-state index >= 15 is 0 Å². The van der Waals surface area contributed by atoms with Crippen LogP contribution in [0.3, 0.4) is 0 Å². The first-order valence-electron chi connectivity index (χ1n) is 10.0. The van der Waals surface area contributed by atoms with Gasteiger partial charge in [0.05, 0.1) is 12.6 Å². The van der Waals surface area contributed by atoms with Crippen molar-refractivity contribution in [2.24, 2.45) is 0 Å². The number of nitrogens with one attached hydrogen (secondary N) is 1. The molecule has 1 saturated heterocycles. The van der Waals surface area contributed by atoms with Gasteiger partial charge in [0.25, 0.3) is 5.91 Å². The van der Waals surface area contributed by atoms with Gasteiger partial charge in [0.15, 0.2) is 6.61 Å². The van der Waals surface area contributed by atoms with Gasteiger partial charge < -0.3 is 19.7 Å². The van der Waals surface area contributed by atoms with Gasteiger partial charge in [-0.15, -0.1) is 0 Å². The number of benzene rings is 2. The first-order chi connectivity index (χ1) is 14.0. The first-order valence-corrected chi connectivity index (χ1v) is 10.0. The first kappa shape index (κ1) is 20.7. The number of carbonyl (C=O) groups is 2. The van der Waals surface area contributed by atoms with Crippen LogP contribution in [0.25, 0.3) is 0 Å². The second-order valence-electron chi connectivity index (χ2n) is 7.41. The molecule has 1 aliphatic heterocycles. The molecule has 0 spiro atoms. The highest BCUT2D eigenvalue weighted by Gasteiger charge is 2.31. The summed E-state index contributed by atoms with van der Waals surface area (Å²) in [5.41, 5.74) is 2.03. The number of ether oxygens (including phenoxy) is 2. The highest BCUT2D eigenvalue weighted by Crippen LogP contribution is 2.24. The van der Waals surface area contributed by atoms with E-state index in [0.29, 0.717) is 24.8 Å². The van der Waals surface area contributed by atoms with Crippen molar-refractivity contribution >= 4 is 17.5 Å². The molecule has 6 nitrogen and oxygen atoms in total. The number of amides is 2. The van der Waals surface area contributed by atoms with E-state index in [2.05, 4.69) is 19.2 Å². The van der Waals surface area contributed by atoms with E-state index in [-0.39, 0.29) is 30.9 Å². The SMILES string of the molecule is CCOc1ccc(N2C[C@@H](NC(=O)COc3ccc(C(C)C)cc3)CC2=O)cc1. The molecule has 3 rings (SSSR count). The van der Waals surface area contributed by atoms with Crippen molar-refractivity contribution in [2.75, 3.05) is 24.7 Å². The Bertz CT molecular complexity index is 831. The zero-order chi connectivity index (χ0) is 20.8. The van der Waals surface area contributed by atoms with E-state index in [4.69, 9.17) is 9.47 Å². The molecule has 1 aliphatic rings. The molecule has 6 heteroatoms. The highest BCUT2D eigenvalue weighted by molar-refractivity contribution is 5.97. The van der Waals surface area contributed by atoms with Crippen molar-refractivity contribution in [1.29, 1.82) is 0 Å². The Morgan fingerprint density at radius 2 is 1.69 bits per heavy atom. The third-order valence-corrected chi connectivity index (χ3v) is 4.87. The summed E-state index contributed by atoms with van der Waals surface area (Å²) in [7, 11) is 0. The minimum atomic E-state index is -0.232. The van der Waals surface area contributed by atoms with Crippen molar-refractivity contribution in [3.05, 3.63) is 54.1 Å². The highest BCUT2D eigenvalue weighted by atomic mass is 16.5. The molecular weight excluding hydrogens is 368 g/mol. The van der Waals surface area contributed by atoms with Crippen LogP contribution in [0.4, 0.5) is 5.69 Å². The Balaban J connectivity index is 1.49. The summed E-state index contributed by atoms with van der Waals surface area (Å²) in [5.74, 6) is 1.63. The van der Waals surface area contributed by atoms with Crippen LogP contribution in [-0.4, -0.2) is 37.6 Å². The maximum absolute atomic E-state index is 12.4. The molecule has 1 fully saturated rings. The smallest absolute Gasteiger partial charge is 0.258 e. The summed E-state index contributed by atoms with van der Waals surface area (Å²) in [5, 5.41) is 2.89. The Labute approximate surface area is 171 Å². The molecule has 1 heterocycles. The molecule has 154 valence electrons. The lowest BCUT2D eigenvalue weighted by Crippen LogP contribution is -2.39. The normalized spacial score (nSPS) is 16.2. The van der Waals surface area contributed by atoms with Crippen LogP contribution in [-0.2, 0) is 9.59 Å². The summed E-state index contributed by atoms with van der Waals surface area (Å²) < 4.78 is 11.0. The van der Waals surface area contributed by atoms with Gasteiger partial charge in [-0.1, -0.05) is 26.0 Å². The molecule has 29 heavy (non-hydrogen) atoms. The van der Waals surface area contributed by atoms with Crippen LogP contribution in [0, 0.1) is 0 Å². The fourth-order valence-corrected chi connectivity index (χ4v) is 3.31. The van der Waals surface area contributed by atoms with Crippen molar-refractivity contribution in [2.45, 2.75) is 39.2 Å². The topological polar surface area (TPSA) is 67.9 Å². The van der Waals surface area contributed by atoms with E-state index in [9.17, 15) is 9.59 Å². The average Bonchev–Trinajstić information content (AvgIpc) is 3.07.